The molecule has 3 aliphatic heterocycles. The van der Waals surface area contributed by atoms with Crippen molar-refractivity contribution in [2.24, 2.45) is 0 Å². The first kappa shape index (κ1) is 25.4. The van der Waals surface area contributed by atoms with Crippen LogP contribution in [0.3, 0.4) is 0 Å². The maximum absolute atomic E-state index is 10.8. The second-order valence-corrected chi connectivity index (χ2v) is 10.7. The lowest BCUT2D eigenvalue weighted by molar-refractivity contribution is -0.104. The number of aromatic nitrogens is 2. The van der Waals surface area contributed by atoms with Crippen LogP contribution in [-0.2, 0) is 17.8 Å². The molecule has 3 aliphatic rings. The Balaban J connectivity index is 1.30. The van der Waals surface area contributed by atoms with Gasteiger partial charge < -0.3 is 29.4 Å². The van der Waals surface area contributed by atoms with Crippen molar-refractivity contribution in [1.29, 1.82) is 0 Å². The molecular formula is C30H36N6O3. The molecule has 6 rings (SSSR count). The normalized spacial score (nSPS) is 20.1. The number of carbonyl (C=O) groups is 1. The number of carbonyl (C=O) groups excluding carboxylic acids is 1. The van der Waals surface area contributed by atoms with Gasteiger partial charge in [-0.2, -0.15) is 9.97 Å². The van der Waals surface area contributed by atoms with Gasteiger partial charge in [0.2, 0.25) is 0 Å². The predicted octanol–water partition coefficient (Wildman–Crippen LogP) is 3.21. The first-order valence-electron chi connectivity index (χ1n) is 13.9. The number of ether oxygens (including phenoxy) is 1. The summed E-state index contributed by atoms with van der Waals surface area (Å²) >= 11 is 0. The number of rotatable bonds is 7. The van der Waals surface area contributed by atoms with Crippen molar-refractivity contribution in [1.82, 2.24) is 19.8 Å². The standard InChI is InChI=1S/C30H36N6O3/c1-33-10-4-7-23(33)21-39-30-31-27-20-36(28-19-24(38)18-22-6-2-3-8-25(22)28)12-9-26(27)29(32-30)35-15-13-34(14-16-35)11-5-17-37/h2-3,5-6,8,11,17-19,23,38H,4,7,9-10,12-16,20-21H2,1H3/t23-/m1/s1. The fourth-order valence-electron chi connectivity index (χ4n) is 6.06. The summed E-state index contributed by atoms with van der Waals surface area (Å²) in [5.41, 5.74) is 3.18. The number of likely N-dealkylation sites (tertiary alicyclic amines) is 1. The Bertz CT molecular complexity index is 1370. The van der Waals surface area contributed by atoms with E-state index in [0.29, 0.717) is 25.2 Å². The monoisotopic (exact) mass is 528 g/mol. The Kier molecular flexibility index (Phi) is 7.24. The SMILES string of the molecule is CN1CCC[C@@H]1COc1nc2c(c(N3CCN(C=CC=O)CC3)n1)CCN(c1cc(O)cc3ccccc13)C2. The summed E-state index contributed by atoms with van der Waals surface area (Å²) in [4.78, 5) is 29.8. The van der Waals surface area contributed by atoms with Crippen LogP contribution in [0.4, 0.5) is 11.5 Å². The summed E-state index contributed by atoms with van der Waals surface area (Å²) in [6.07, 6.45) is 7.36. The smallest absolute Gasteiger partial charge is 0.318 e. The maximum atomic E-state index is 10.8. The van der Waals surface area contributed by atoms with Crippen molar-refractivity contribution < 1.29 is 14.6 Å². The maximum Gasteiger partial charge on any atom is 0.318 e. The average molecular weight is 529 g/mol. The number of nitrogens with zero attached hydrogens (tertiary/aromatic N) is 6. The van der Waals surface area contributed by atoms with Crippen LogP contribution in [0.5, 0.6) is 11.8 Å². The Morgan fingerprint density at radius 1 is 1.05 bits per heavy atom. The second-order valence-electron chi connectivity index (χ2n) is 10.7. The van der Waals surface area contributed by atoms with Crippen molar-refractivity contribution in [2.45, 2.75) is 31.8 Å². The summed E-state index contributed by atoms with van der Waals surface area (Å²) < 4.78 is 6.25. The number of fused-ring (bicyclic) bond motifs is 2. The van der Waals surface area contributed by atoms with E-state index in [4.69, 9.17) is 14.7 Å². The van der Waals surface area contributed by atoms with Gasteiger partial charge in [-0.25, -0.2) is 0 Å². The van der Waals surface area contributed by atoms with Crippen LogP contribution in [0.15, 0.2) is 48.7 Å². The van der Waals surface area contributed by atoms with Gasteiger partial charge in [-0.3, -0.25) is 4.79 Å². The minimum Gasteiger partial charge on any atom is -0.508 e. The first-order valence-corrected chi connectivity index (χ1v) is 13.9. The van der Waals surface area contributed by atoms with Gasteiger partial charge in [-0.1, -0.05) is 24.3 Å². The zero-order valence-electron chi connectivity index (χ0n) is 22.5. The molecule has 0 spiro atoms. The van der Waals surface area contributed by atoms with Crippen molar-refractivity contribution in [3.05, 3.63) is 59.9 Å². The van der Waals surface area contributed by atoms with Gasteiger partial charge in [-0.15, -0.1) is 0 Å². The molecule has 1 N–H and O–H groups in total. The number of phenolic OH excluding ortho intramolecular Hbond substituents is 1. The van der Waals surface area contributed by atoms with E-state index in [1.807, 2.05) is 36.5 Å². The molecule has 1 atom stereocenters. The predicted molar refractivity (Wildman–Crippen MR) is 153 cm³/mol. The molecule has 1 aromatic heterocycles. The molecule has 0 saturated carbocycles. The fraction of sp³-hybridized carbons (Fsp3) is 0.433. The Morgan fingerprint density at radius 2 is 1.90 bits per heavy atom. The van der Waals surface area contributed by atoms with Gasteiger partial charge in [0.15, 0.2) is 0 Å². The minimum absolute atomic E-state index is 0.268. The van der Waals surface area contributed by atoms with Crippen LogP contribution in [0.1, 0.15) is 24.1 Å². The molecule has 204 valence electrons. The van der Waals surface area contributed by atoms with E-state index in [1.165, 1.54) is 12.0 Å². The topological polar surface area (TPSA) is 85.3 Å². The molecule has 0 radical (unpaired) electrons. The molecule has 2 aromatic carbocycles. The lowest BCUT2D eigenvalue weighted by Crippen LogP contribution is -2.45. The van der Waals surface area contributed by atoms with Crippen LogP contribution in [0.25, 0.3) is 10.8 Å². The molecule has 0 bridgehead atoms. The van der Waals surface area contributed by atoms with E-state index in [1.54, 1.807) is 6.08 Å². The van der Waals surface area contributed by atoms with E-state index in [-0.39, 0.29) is 5.75 Å². The molecule has 4 heterocycles. The zero-order chi connectivity index (χ0) is 26.8. The van der Waals surface area contributed by atoms with Crippen molar-refractivity contribution in [3.8, 4) is 11.8 Å². The van der Waals surface area contributed by atoms with Gasteiger partial charge in [0, 0.05) is 67.7 Å². The number of piperazine rings is 1. The third-order valence-electron chi connectivity index (χ3n) is 8.25. The summed E-state index contributed by atoms with van der Waals surface area (Å²) in [6, 6.07) is 12.7. The highest BCUT2D eigenvalue weighted by Crippen LogP contribution is 2.36. The molecular weight excluding hydrogens is 492 g/mol. The van der Waals surface area contributed by atoms with Gasteiger partial charge in [0.05, 0.1) is 12.2 Å². The van der Waals surface area contributed by atoms with E-state index in [9.17, 15) is 9.90 Å². The number of benzene rings is 2. The van der Waals surface area contributed by atoms with Gasteiger partial charge >= 0.3 is 6.01 Å². The van der Waals surface area contributed by atoms with E-state index in [2.05, 4.69) is 32.7 Å². The molecule has 0 amide bonds. The van der Waals surface area contributed by atoms with Crippen LogP contribution in [-0.4, -0.2) is 90.1 Å². The highest BCUT2D eigenvalue weighted by Gasteiger charge is 2.29. The Labute approximate surface area is 229 Å². The van der Waals surface area contributed by atoms with Crippen molar-refractivity contribution >= 4 is 28.6 Å². The molecule has 39 heavy (non-hydrogen) atoms. The third-order valence-corrected chi connectivity index (χ3v) is 8.25. The summed E-state index contributed by atoms with van der Waals surface area (Å²) in [5, 5.41) is 12.6. The fourth-order valence-corrected chi connectivity index (χ4v) is 6.06. The number of hydrogen-bond acceptors (Lipinski definition) is 9. The van der Waals surface area contributed by atoms with E-state index >= 15 is 0 Å². The Hall–Kier alpha value is -3.85. The van der Waals surface area contributed by atoms with E-state index < -0.39 is 0 Å². The number of hydrogen-bond donors (Lipinski definition) is 1. The van der Waals surface area contributed by atoms with Crippen LogP contribution < -0.4 is 14.5 Å². The van der Waals surface area contributed by atoms with Gasteiger partial charge in [0.25, 0.3) is 0 Å². The summed E-state index contributed by atoms with van der Waals surface area (Å²) in [5.74, 6) is 1.23. The second kappa shape index (κ2) is 11.1. The average Bonchev–Trinajstić information content (AvgIpc) is 3.38. The number of aromatic hydroxyl groups is 1. The highest BCUT2D eigenvalue weighted by molar-refractivity contribution is 5.95. The van der Waals surface area contributed by atoms with Crippen LogP contribution in [0, 0.1) is 0 Å². The van der Waals surface area contributed by atoms with Crippen molar-refractivity contribution in [3.63, 3.8) is 0 Å². The molecule has 3 aromatic rings. The number of allylic oxidation sites excluding steroid dienone is 1. The first-order chi connectivity index (χ1) is 19.1. The zero-order valence-corrected chi connectivity index (χ0v) is 22.5. The molecule has 9 heteroatoms. The lowest BCUT2D eigenvalue weighted by atomic mass is 10.0. The number of phenols is 1. The lowest BCUT2D eigenvalue weighted by Gasteiger charge is -2.38. The highest BCUT2D eigenvalue weighted by atomic mass is 16.5. The summed E-state index contributed by atoms with van der Waals surface area (Å²) in [7, 11) is 2.15. The van der Waals surface area contributed by atoms with Crippen molar-refractivity contribution in [2.75, 3.05) is 62.7 Å². The molecule has 2 fully saturated rings. The molecule has 9 nitrogen and oxygen atoms in total. The quantitative estimate of drug-likeness (QED) is 0.367. The molecule has 0 aliphatic carbocycles. The minimum atomic E-state index is 0.268. The number of anilines is 2. The Morgan fingerprint density at radius 3 is 2.69 bits per heavy atom. The van der Waals surface area contributed by atoms with Crippen LogP contribution >= 0.6 is 0 Å². The van der Waals surface area contributed by atoms with E-state index in [0.717, 1.165) is 86.4 Å². The van der Waals surface area contributed by atoms with Gasteiger partial charge in [-0.05, 0) is 50.4 Å². The number of likely N-dealkylation sites (N-methyl/N-ethyl adjacent to an activating group) is 1. The largest absolute Gasteiger partial charge is 0.508 e. The number of aldehydes is 1. The summed E-state index contributed by atoms with van der Waals surface area (Å²) in [6.45, 7) is 6.41. The molecule has 2 saturated heterocycles. The van der Waals surface area contributed by atoms with Gasteiger partial charge in [0.1, 0.15) is 24.5 Å². The van der Waals surface area contributed by atoms with Crippen LogP contribution in [0.2, 0.25) is 0 Å². The third kappa shape index (κ3) is 5.36. The molecule has 0 unspecified atom stereocenters.